The summed E-state index contributed by atoms with van der Waals surface area (Å²) in [5.74, 6) is -13.1. The Kier molecular flexibility index (Phi) is 10.6. The van der Waals surface area contributed by atoms with Crippen molar-refractivity contribution in [2.45, 2.75) is 19.8 Å². The summed E-state index contributed by atoms with van der Waals surface area (Å²) in [6.07, 6.45) is 1.82. The van der Waals surface area contributed by atoms with Crippen LogP contribution < -0.4 is 14.1 Å². The van der Waals surface area contributed by atoms with E-state index in [1.54, 1.807) is 18.2 Å². The van der Waals surface area contributed by atoms with Crippen LogP contribution in [0.4, 0.5) is 22.0 Å². The molecule has 0 aliphatic rings. The van der Waals surface area contributed by atoms with E-state index in [-0.39, 0.29) is 19.0 Å². The molecule has 0 aliphatic carbocycles. The van der Waals surface area contributed by atoms with Crippen LogP contribution in [0.1, 0.15) is 19.8 Å². The predicted molar refractivity (Wildman–Crippen MR) is 106 cm³/mol. The van der Waals surface area contributed by atoms with Crippen molar-refractivity contribution in [2.75, 3.05) is 26.4 Å². The fourth-order valence-corrected chi connectivity index (χ4v) is 3.21. The van der Waals surface area contributed by atoms with Crippen LogP contribution in [0, 0.1) is 29.1 Å². The van der Waals surface area contributed by atoms with Crippen LogP contribution in [0.3, 0.4) is 0 Å². The number of carbonyl (C=O) groups is 1. The minimum Gasteiger partial charge on any atom is -0.462 e. The summed E-state index contributed by atoms with van der Waals surface area (Å²) in [5, 5.41) is 2.42. The Hall–Kier alpha value is -2.49. The number of unbranched alkanes of at least 4 members (excludes halogenated alkanes) is 1. The maximum atomic E-state index is 14.0. The highest BCUT2D eigenvalue weighted by molar-refractivity contribution is 7.45. The average Bonchev–Trinajstić information content (AvgIpc) is 2.80. The number of esters is 1. The van der Waals surface area contributed by atoms with Crippen LogP contribution in [0.25, 0.3) is 0 Å². The predicted octanol–water partition coefficient (Wildman–Crippen LogP) is 5.02. The summed E-state index contributed by atoms with van der Waals surface area (Å²) < 4.78 is 88.6. The molecule has 1 unspecified atom stereocenters. The molecule has 0 bridgehead atoms. The van der Waals surface area contributed by atoms with E-state index in [2.05, 4.69) is 5.09 Å². The molecule has 32 heavy (non-hydrogen) atoms. The number of nitrogens with one attached hydrogen (secondary N) is 1. The van der Waals surface area contributed by atoms with E-state index >= 15 is 0 Å². The van der Waals surface area contributed by atoms with Gasteiger partial charge in [-0.05, 0) is 18.6 Å². The fourth-order valence-electron chi connectivity index (χ4n) is 2.15. The second kappa shape index (κ2) is 13.1. The van der Waals surface area contributed by atoms with Crippen molar-refractivity contribution in [1.29, 1.82) is 0 Å². The lowest BCUT2D eigenvalue weighted by Gasteiger charge is -2.19. The molecule has 12 heteroatoms. The normalized spacial score (nSPS) is 11.8. The second-order valence-electron chi connectivity index (χ2n) is 6.17. The lowest BCUT2D eigenvalue weighted by Crippen LogP contribution is -2.25. The van der Waals surface area contributed by atoms with Crippen molar-refractivity contribution in [3.05, 3.63) is 59.4 Å². The van der Waals surface area contributed by atoms with Crippen molar-refractivity contribution in [3.63, 3.8) is 0 Å². The number of carbonyl (C=O) groups excluding carboxylic acids is 1. The topological polar surface area (TPSA) is 66.0 Å². The quantitative estimate of drug-likeness (QED) is 0.108. The number of hydrogen-bond acceptors (Lipinski definition) is 6. The molecule has 1 N–H and O–H groups in total. The van der Waals surface area contributed by atoms with E-state index in [1.807, 2.05) is 6.92 Å². The number of rotatable bonds is 13. The summed E-state index contributed by atoms with van der Waals surface area (Å²) in [4.78, 5) is 11.9. The Morgan fingerprint density at radius 2 is 1.50 bits per heavy atom. The maximum absolute atomic E-state index is 14.0. The highest BCUT2D eigenvalue weighted by Gasteiger charge is 2.30. The van der Waals surface area contributed by atoms with Gasteiger partial charge in [-0.2, -0.15) is 8.78 Å². The van der Waals surface area contributed by atoms with Gasteiger partial charge in [-0.1, -0.05) is 31.5 Å². The van der Waals surface area contributed by atoms with E-state index in [0.717, 1.165) is 12.8 Å². The molecule has 0 spiro atoms. The van der Waals surface area contributed by atoms with E-state index in [4.69, 9.17) is 18.5 Å². The van der Waals surface area contributed by atoms with Crippen molar-refractivity contribution >= 4 is 14.5 Å². The fraction of sp³-hybridized carbons (Fsp3) is 0.350. The number of ether oxygens (including phenoxy) is 2. The standard InChI is InChI=1S/C20H21F5NO5P/c1-2-3-9-28-10-11-29-14(27)12-26-32(30-13-7-5-4-6-8-13)31-20-18(24)16(22)15(21)17(23)19(20)25/h4-8,26H,2-3,9-12H2,1H3. The molecular formula is C20H21F5NO5P. The van der Waals surface area contributed by atoms with Gasteiger partial charge in [-0.15, -0.1) is 0 Å². The summed E-state index contributed by atoms with van der Waals surface area (Å²) in [5.41, 5.74) is 0. The Labute approximate surface area is 182 Å². The van der Waals surface area contributed by atoms with Gasteiger partial charge in [-0.25, -0.2) is 18.3 Å². The zero-order valence-electron chi connectivity index (χ0n) is 17.0. The van der Waals surface area contributed by atoms with Crippen molar-refractivity contribution < 1.29 is 45.3 Å². The average molecular weight is 481 g/mol. The van der Waals surface area contributed by atoms with Gasteiger partial charge in [0.15, 0.2) is 0 Å². The Morgan fingerprint density at radius 1 is 0.875 bits per heavy atom. The monoisotopic (exact) mass is 481 g/mol. The second-order valence-corrected chi connectivity index (χ2v) is 7.37. The molecule has 0 fully saturated rings. The van der Waals surface area contributed by atoms with E-state index in [9.17, 15) is 26.7 Å². The molecule has 0 saturated carbocycles. The van der Waals surface area contributed by atoms with E-state index in [1.165, 1.54) is 12.1 Å². The largest absolute Gasteiger partial charge is 0.462 e. The van der Waals surface area contributed by atoms with Gasteiger partial charge in [0, 0.05) is 6.61 Å². The molecule has 2 aromatic carbocycles. The first-order valence-corrected chi connectivity index (χ1v) is 10.7. The summed E-state index contributed by atoms with van der Waals surface area (Å²) >= 11 is 0. The van der Waals surface area contributed by atoms with Crippen LogP contribution in [0.5, 0.6) is 11.5 Å². The Bertz CT molecular complexity index is 861. The highest BCUT2D eigenvalue weighted by atomic mass is 31.2. The van der Waals surface area contributed by atoms with Gasteiger partial charge in [0.2, 0.25) is 34.8 Å². The zero-order chi connectivity index (χ0) is 23.5. The lowest BCUT2D eigenvalue weighted by molar-refractivity contribution is -0.143. The Morgan fingerprint density at radius 3 is 2.12 bits per heavy atom. The third-order valence-corrected chi connectivity index (χ3v) is 4.90. The van der Waals surface area contributed by atoms with Gasteiger partial charge < -0.3 is 18.5 Å². The number of halogens is 5. The zero-order valence-corrected chi connectivity index (χ0v) is 17.9. The molecule has 0 aromatic heterocycles. The van der Waals surface area contributed by atoms with Crippen molar-refractivity contribution in [3.8, 4) is 11.5 Å². The molecule has 6 nitrogen and oxygen atoms in total. The van der Waals surface area contributed by atoms with E-state index < -0.39 is 55.9 Å². The molecule has 0 aliphatic heterocycles. The minimum atomic E-state index is -2.56. The van der Waals surface area contributed by atoms with Crippen LogP contribution in [0.15, 0.2) is 30.3 Å². The minimum absolute atomic E-state index is 0.0276. The van der Waals surface area contributed by atoms with Crippen molar-refractivity contribution in [2.24, 2.45) is 0 Å². The van der Waals surface area contributed by atoms with Crippen molar-refractivity contribution in [1.82, 2.24) is 5.09 Å². The Balaban J connectivity index is 2.04. The lowest BCUT2D eigenvalue weighted by atomic mass is 10.3. The van der Waals surface area contributed by atoms with Gasteiger partial charge in [0.05, 0.1) is 6.61 Å². The smallest absolute Gasteiger partial charge is 0.382 e. The third-order valence-electron chi connectivity index (χ3n) is 3.76. The number of hydrogen-bond donors (Lipinski definition) is 1. The molecule has 1 atom stereocenters. The third kappa shape index (κ3) is 7.58. The molecule has 0 amide bonds. The van der Waals surface area contributed by atoms with Crippen LogP contribution >= 0.6 is 8.53 Å². The molecular weight excluding hydrogens is 460 g/mol. The number of para-hydroxylation sites is 1. The molecule has 0 saturated heterocycles. The van der Waals surface area contributed by atoms with Crippen LogP contribution in [-0.4, -0.2) is 32.3 Å². The van der Waals surface area contributed by atoms with Gasteiger partial charge in [0.25, 0.3) is 0 Å². The highest BCUT2D eigenvalue weighted by Crippen LogP contribution is 2.40. The molecule has 0 radical (unpaired) electrons. The summed E-state index contributed by atoms with van der Waals surface area (Å²) in [6.45, 7) is 2.16. The van der Waals surface area contributed by atoms with Gasteiger partial charge in [-0.3, -0.25) is 4.79 Å². The first-order chi connectivity index (χ1) is 15.3. The molecule has 2 rings (SSSR count). The van der Waals surface area contributed by atoms with Crippen LogP contribution in [0.2, 0.25) is 0 Å². The molecule has 176 valence electrons. The van der Waals surface area contributed by atoms with Gasteiger partial charge >= 0.3 is 14.5 Å². The molecule has 2 aromatic rings. The maximum Gasteiger partial charge on any atom is 0.382 e. The van der Waals surface area contributed by atoms with Crippen LogP contribution in [-0.2, 0) is 14.3 Å². The molecule has 0 heterocycles. The summed E-state index contributed by atoms with van der Waals surface area (Å²) in [7, 11) is -2.56. The number of benzene rings is 2. The first kappa shape index (κ1) is 25.8. The SMILES string of the molecule is CCCCOCCOC(=O)CNP(Oc1ccccc1)Oc1c(F)c(F)c(F)c(F)c1F. The van der Waals surface area contributed by atoms with E-state index in [0.29, 0.717) is 6.61 Å². The van der Waals surface area contributed by atoms with Gasteiger partial charge in [0.1, 0.15) is 18.9 Å². The summed E-state index contributed by atoms with van der Waals surface area (Å²) in [6, 6.07) is 7.74. The first-order valence-electron chi connectivity index (χ1n) is 9.54.